The molecule has 0 unspecified atom stereocenters. The van der Waals surface area contributed by atoms with Crippen LogP contribution >= 0.6 is 0 Å². The molecule has 0 saturated heterocycles. The van der Waals surface area contributed by atoms with Gasteiger partial charge in [0.25, 0.3) is 0 Å². The van der Waals surface area contributed by atoms with Gasteiger partial charge in [-0.2, -0.15) is 10.5 Å². The van der Waals surface area contributed by atoms with Gasteiger partial charge in [0.1, 0.15) is 0 Å². The van der Waals surface area contributed by atoms with Gasteiger partial charge in [0, 0.05) is 21.9 Å². The molecule has 0 amide bonds. The van der Waals surface area contributed by atoms with Crippen molar-refractivity contribution < 1.29 is 0 Å². The van der Waals surface area contributed by atoms with E-state index in [-0.39, 0.29) is 0 Å². The maximum absolute atomic E-state index is 10.8. The van der Waals surface area contributed by atoms with Crippen LogP contribution in [0.25, 0.3) is 38.6 Å². The molecule has 0 atom stereocenters. The zero-order chi connectivity index (χ0) is 32.5. The van der Waals surface area contributed by atoms with E-state index in [1.807, 2.05) is 30.3 Å². The van der Waals surface area contributed by atoms with Crippen LogP contribution in [0.2, 0.25) is 0 Å². The number of aromatic nitrogens is 1. The van der Waals surface area contributed by atoms with E-state index in [4.69, 9.17) is 0 Å². The average Bonchev–Trinajstić information content (AvgIpc) is 3.50. The van der Waals surface area contributed by atoms with Crippen molar-refractivity contribution in [2.75, 3.05) is 0 Å². The molecule has 0 aliphatic heterocycles. The Morgan fingerprint density at radius 3 is 1.35 bits per heavy atom. The molecular formula is C44H29N3Si. The molecule has 7 aromatic carbocycles. The molecule has 0 aliphatic carbocycles. The van der Waals surface area contributed by atoms with E-state index in [1.165, 1.54) is 26.3 Å². The summed E-state index contributed by atoms with van der Waals surface area (Å²) in [4.78, 5) is 0. The van der Waals surface area contributed by atoms with E-state index in [2.05, 4.69) is 162 Å². The highest BCUT2D eigenvalue weighted by Crippen LogP contribution is 2.37. The maximum atomic E-state index is 10.8. The first-order valence-corrected chi connectivity index (χ1v) is 18.0. The largest absolute Gasteiger partial charge is 0.309 e. The second-order valence-corrected chi connectivity index (χ2v) is 15.7. The summed E-state index contributed by atoms with van der Waals surface area (Å²) in [5.74, 6) is 0. The van der Waals surface area contributed by atoms with Crippen LogP contribution in [-0.2, 0) is 0 Å². The summed E-state index contributed by atoms with van der Waals surface area (Å²) in [6.45, 7) is 0. The van der Waals surface area contributed by atoms with Crippen molar-refractivity contribution >= 4 is 50.6 Å². The van der Waals surface area contributed by atoms with Crippen molar-refractivity contribution in [3.8, 4) is 29.0 Å². The van der Waals surface area contributed by atoms with Crippen LogP contribution in [0.1, 0.15) is 11.1 Å². The molecule has 48 heavy (non-hydrogen) atoms. The lowest BCUT2D eigenvalue weighted by atomic mass is 9.96. The first-order valence-electron chi connectivity index (χ1n) is 16.0. The molecule has 8 rings (SSSR count). The van der Waals surface area contributed by atoms with Gasteiger partial charge < -0.3 is 4.57 Å². The van der Waals surface area contributed by atoms with Gasteiger partial charge in [-0.1, -0.05) is 152 Å². The van der Waals surface area contributed by atoms with Crippen molar-refractivity contribution in [3.63, 3.8) is 0 Å². The molecule has 1 aromatic heterocycles. The number of fused-ring (bicyclic) bond motifs is 3. The third-order valence-electron chi connectivity index (χ3n) is 9.44. The van der Waals surface area contributed by atoms with Crippen LogP contribution in [0.4, 0.5) is 0 Å². The highest BCUT2D eigenvalue weighted by Gasteiger charge is 2.43. The molecule has 224 valence electrons. The van der Waals surface area contributed by atoms with E-state index in [9.17, 15) is 10.5 Å². The van der Waals surface area contributed by atoms with Gasteiger partial charge in [0.05, 0.1) is 40.0 Å². The lowest BCUT2D eigenvalue weighted by molar-refractivity contribution is 1.18. The minimum Gasteiger partial charge on any atom is -0.309 e. The normalized spacial score (nSPS) is 11.3. The smallest absolute Gasteiger partial charge is 0.180 e. The fourth-order valence-corrected chi connectivity index (χ4v) is 12.3. The third-order valence-corrected chi connectivity index (χ3v) is 14.3. The van der Waals surface area contributed by atoms with Crippen LogP contribution in [-0.4, -0.2) is 12.6 Å². The third kappa shape index (κ3) is 4.48. The van der Waals surface area contributed by atoms with Crippen LogP contribution in [0, 0.1) is 22.7 Å². The highest BCUT2D eigenvalue weighted by molar-refractivity contribution is 7.20. The number of para-hydroxylation sites is 3. The lowest BCUT2D eigenvalue weighted by Gasteiger charge is -2.35. The van der Waals surface area contributed by atoms with Crippen molar-refractivity contribution in [1.29, 1.82) is 10.5 Å². The second kappa shape index (κ2) is 12.0. The van der Waals surface area contributed by atoms with Crippen molar-refractivity contribution in [1.82, 2.24) is 4.57 Å². The maximum Gasteiger partial charge on any atom is 0.180 e. The number of hydrogen-bond acceptors (Lipinski definition) is 2. The topological polar surface area (TPSA) is 52.5 Å². The van der Waals surface area contributed by atoms with Gasteiger partial charge in [-0.05, 0) is 45.0 Å². The zero-order valence-corrected chi connectivity index (χ0v) is 27.1. The molecule has 0 fully saturated rings. The highest BCUT2D eigenvalue weighted by atomic mass is 28.3. The van der Waals surface area contributed by atoms with Gasteiger partial charge >= 0.3 is 0 Å². The first-order chi connectivity index (χ1) is 23.8. The molecule has 0 bridgehead atoms. The van der Waals surface area contributed by atoms with Crippen LogP contribution < -0.4 is 20.7 Å². The fraction of sp³-hybridized carbons (Fsp3) is 0. The molecule has 0 radical (unpaired) electrons. The number of benzene rings is 7. The number of rotatable bonds is 6. The molecule has 4 heteroatoms. The Bertz CT molecular complexity index is 2370. The molecule has 0 saturated carbocycles. The first kappa shape index (κ1) is 29.0. The van der Waals surface area contributed by atoms with E-state index < -0.39 is 8.07 Å². The zero-order valence-electron chi connectivity index (χ0n) is 26.1. The summed E-state index contributed by atoms with van der Waals surface area (Å²) >= 11 is 0. The summed E-state index contributed by atoms with van der Waals surface area (Å²) in [6.07, 6.45) is 0. The summed E-state index contributed by atoms with van der Waals surface area (Å²) in [5, 5.41) is 28.3. The number of nitrogens with zero attached hydrogens (tertiary/aromatic N) is 3. The Labute approximate surface area is 280 Å². The van der Waals surface area contributed by atoms with Gasteiger partial charge in [-0.25, -0.2) is 0 Å². The predicted octanol–water partition coefficient (Wildman–Crippen LogP) is 7.57. The molecule has 1 heterocycles. The summed E-state index contributed by atoms with van der Waals surface area (Å²) in [5.41, 5.74) is 5.91. The summed E-state index contributed by atoms with van der Waals surface area (Å²) in [6, 6.07) is 65.9. The van der Waals surface area contributed by atoms with Gasteiger partial charge in [-0.3, -0.25) is 0 Å². The molecule has 8 aromatic rings. The Morgan fingerprint density at radius 1 is 0.417 bits per heavy atom. The van der Waals surface area contributed by atoms with Gasteiger partial charge in [-0.15, -0.1) is 0 Å². The van der Waals surface area contributed by atoms with E-state index in [1.54, 1.807) is 0 Å². The van der Waals surface area contributed by atoms with Crippen molar-refractivity contribution in [2.24, 2.45) is 0 Å². The van der Waals surface area contributed by atoms with Crippen LogP contribution in [0.15, 0.2) is 176 Å². The minimum atomic E-state index is -3.08. The monoisotopic (exact) mass is 627 g/mol. The Hall–Kier alpha value is -6.46. The Morgan fingerprint density at radius 2 is 0.854 bits per heavy atom. The number of nitriles is 2. The Balaban J connectivity index is 1.50. The predicted molar refractivity (Wildman–Crippen MR) is 199 cm³/mol. The van der Waals surface area contributed by atoms with Gasteiger partial charge in [0.2, 0.25) is 0 Å². The van der Waals surface area contributed by atoms with E-state index >= 15 is 0 Å². The van der Waals surface area contributed by atoms with Crippen molar-refractivity contribution in [3.05, 3.63) is 187 Å². The number of hydrogen-bond donors (Lipinski definition) is 0. The Kier molecular flexibility index (Phi) is 7.27. The van der Waals surface area contributed by atoms with Gasteiger partial charge in [0.15, 0.2) is 8.07 Å². The van der Waals surface area contributed by atoms with Crippen LogP contribution in [0.5, 0.6) is 0 Å². The summed E-state index contributed by atoms with van der Waals surface area (Å²) in [7, 11) is -3.08. The molecule has 0 spiro atoms. The lowest BCUT2D eigenvalue weighted by Crippen LogP contribution is -2.75. The van der Waals surface area contributed by atoms with E-state index in [0.717, 1.165) is 33.0 Å². The molecular weight excluding hydrogens is 599 g/mol. The standard InChI is InChI=1S/C44H29N3Si/c45-30-32-28-33(31-46)44(48(34-16-4-1-5-17-34,35-18-6-2-7-19-35)36-20-8-3-9-21-36)29-40(32)39-24-12-15-27-43(39)47-41-25-13-10-22-37(41)38-23-11-14-26-42(38)47/h1-29H. The fourth-order valence-electron chi connectivity index (χ4n) is 7.43. The van der Waals surface area contributed by atoms with Crippen molar-refractivity contribution in [2.45, 2.75) is 0 Å². The van der Waals surface area contributed by atoms with Crippen LogP contribution in [0.3, 0.4) is 0 Å². The molecule has 0 N–H and O–H groups in total. The second-order valence-electron chi connectivity index (χ2n) is 11.9. The minimum absolute atomic E-state index is 0.473. The average molecular weight is 628 g/mol. The van der Waals surface area contributed by atoms with E-state index in [0.29, 0.717) is 11.1 Å². The molecule has 0 aliphatic rings. The molecule has 3 nitrogen and oxygen atoms in total. The summed E-state index contributed by atoms with van der Waals surface area (Å²) < 4.78 is 2.30. The quantitative estimate of drug-likeness (QED) is 0.141. The SMILES string of the molecule is N#Cc1cc(C#N)c([Si](c2ccccc2)(c2ccccc2)c2ccccc2)cc1-c1ccccc1-n1c2ccccc2c2ccccc21.